The van der Waals surface area contributed by atoms with Gasteiger partial charge in [-0.05, 0) is 61.4 Å². The second-order valence-corrected chi connectivity index (χ2v) is 7.38. The summed E-state index contributed by atoms with van der Waals surface area (Å²) in [4.78, 5) is 14.5. The molecule has 0 aliphatic carbocycles. The zero-order valence-corrected chi connectivity index (χ0v) is 16.4. The largest absolute Gasteiger partial charge is 0.326 e. The third kappa shape index (κ3) is 2.51. The fraction of sp³-hybridized carbons (Fsp3) is 0.174. The molecule has 5 heteroatoms. The number of hydrogen-bond donors (Lipinski definition) is 0. The minimum atomic E-state index is 0.845. The van der Waals surface area contributed by atoms with E-state index in [1.165, 1.54) is 11.1 Å². The Kier molecular flexibility index (Phi) is 3.59. The molecule has 0 unspecified atom stereocenters. The second-order valence-electron chi connectivity index (χ2n) is 7.38. The van der Waals surface area contributed by atoms with Crippen molar-refractivity contribution in [2.75, 3.05) is 0 Å². The fourth-order valence-electron chi connectivity index (χ4n) is 3.74. The summed E-state index contributed by atoms with van der Waals surface area (Å²) in [5.74, 6) is 1.72. The molecule has 3 heterocycles. The summed E-state index contributed by atoms with van der Waals surface area (Å²) >= 11 is 0. The van der Waals surface area contributed by atoms with Crippen molar-refractivity contribution >= 4 is 22.1 Å². The molecule has 3 aromatic heterocycles. The number of fused-ring (bicyclic) bond motifs is 2. The van der Waals surface area contributed by atoms with Gasteiger partial charge in [0.2, 0.25) is 0 Å². The van der Waals surface area contributed by atoms with E-state index in [-0.39, 0.29) is 0 Å². The van der Waals surface area contributed by atoms with Gasteiger partial charge >= 0.3 is 0 Å². The van der Waals surface area contributed by atoms with E-state index in [9.17, 15) is 0 Å². The van der Waals surface area contributed by atoms with Crippen LogP contribution in [-0.4, -0.2) is 24.1 Å². The molecule has 28 heavy (non-hydrogen) atoms. The van der Waals surface area contributed by atoms with Gasteiger partial charge in [-0.2, -0.15) is 0 Å². The van der Waals surface area contributed by atoms with Crippen molar-refractivity contribution < 1.29 is 0 Å². The van der Waals surface area contributed by atoms with Gasteiger partial charge in [0.15, 0.2) is 11.6 Å². The van der Waals surface area contributed by atoms with E-state index >= 15 is 0 Å². The van der Waals surface area contributed by atoms with Crippen LogP contribution in [0.2, 0.25) is 0 Å². The maximum atomic E-state index is 4.90. The third-order valence-electron chi connectivity index (χ3n) is 5.28. The SMILES string of the molecule is Cc1ccc2nc(-c3cccc(-c4nc5ccc(C)cc5n4C)n3)n(C)c2c1. The van der Waals surface area contributed by atoms with E-state index in [2.05, 4.69) is 59.4 Å². The zero-order chi connectivity index (χ0) is 19.4. The summed E-state index contributed by atoms with van der Waals surface area (Å²) in [6.45, 7) is 4.19. The number of pyridine rings is 1. The van der Waals surface area contributed by atoms with Gasteiger partial charge in [-0.15, -0.1) is 0 Å². The molecule has 0 atom stereocenters. The van der Waals surface area contributed by atoms with Crippen LogP contribution < -0.4 is 0 Å². The average molecular weight is 367 g/mol. The summed E-state index contributed by atoms with van der Waals surface area (Å²) in [5, 5.41) is 0. The lowest BCUT2D eigenvalue weighted by molar-refractivity contribution is 0.937. The monoisotopic (exact) mass is 367 g/mol. The van der Waals surface area contributed by atoms with Crippen molar-refractivity contribution in [1.82, 2.24) is 24.1 Å². The Morgan fingerprint density at radius 1 is 0.607 bits per heavy atom. The van der Waals surface area contributed by atoms with Crippen LogP contribution in [-0.2, 0) is 14.1 Å². The molecule has 0 radical (unpaired) electrons. The number of aromatic nitrogens is 5. The molecule has 0 aliphatic rings. The van der Waals surface area contributed by atoms with Crippen molar-refractivity contribution in [1.29, 1.82) is 0 Å². The third-order valence-corrected chi connectivity index (χ3v) is 5.28. The normalized spacial score (nSPS) is 11.6. The highest BCUT2D eigenvalue weighted by molar-refractivity contribution is 5.82. The number of benzene rings is 2. The number of rotatable bonds is 2. The molecule has 5 rings (SSSR count). The Hall–Kier alpha value is -3.47. The van der Waals surface area contributed by atoms with E-state index in [0.717, 1.165) is 45.1 Å². The van der Waals surface area contributed by atoms with Crippen molar-refractivity contribution in [3.8, 4) is 23.0 Å². The van der Waals surface area contributed by atoms with E-state index in [0.29, 0.717) is 0 Å². The van der Waals surface area contributed by atoms with E-state index in [1.807, 2.05) is 32.3 Å². The van der Waals surface area contributed by atoms with E-state index in [1.54, 1.807) is 0 Å². The van der Waals surface area contributed by atoms with Gasteiger partial charge in [0.1, 0.15) is 11.4 Å². The summed E-state index contributed by atoms with van der Waals surface area (Å²) in [7, 11) is 4.08. The maximum Gasteiger partial charge on any atom is 0.159 e. The Bertz CT molecular complexity index is 1260. The molecular formula is C23H21N5. The van der Waals surface area contributed by atoms with Crippen molar-refractivity contribution in [2.24, 2.45) is 14.1 Å². The highest BCUT2D eigenvalue weighted by Crippen LogP contribution is 2.27. The Balaban J connectivity index is 1.67. The Morgan fingerprint density at radius 3 is 1.54 bits per heavy atom. The summed E-state index contributed by atoms with van der Waals surface area (Å²) in [5.41, 5.74) is 8.31. The van der Waals surface area contributed by atoms with Gasteiger partial charge in [-0.1, -0.05) is 18.2 Å². The molecular weight excluding hydrogens is 346 g/mol. The van der Waals surface area contributed by atoms with Gasteiger partial charge in [-0.3, -0.25) is 0 Å². The number of aryl methyl sites for hydroxylation is 4. The smallest absolute Gasteiger partial charge is 0.159 e. The average Bonchev–Trinajstić information content (AvgIpc) is 3.19. The molecule has 5 nitrogen and oxygen atoms in total. The van der Waals surface area contributed by atoms with Gasteiger partial charge in [0, 0.05) is 14.1 Å². The first-order valence-electron chi connectivity index (χ1n) is 9.35. The lowest BCUT2D eigenvalue weighted by atomic mass is 10.2. The van der Waals surface area contributed by atoms with Crippen LogP contribution in [0.4, 0.5) is 0 Å². The molecule has 0 aliphatic heterocycles. The van der Waals surface area contributed by atoms with E-state index < -0.39 is 0 Å². The van der Waals surface area contributed by atoms with Gasteiger partial charge in [-0.25, -0.2) is 15.0 Å². The molecule has 0 fully saturated rings. The first-order valence-corrected chi connectivity index (χ1v) is 9.35. The van der Waals surface area contributed by atoms with Crippen molar-refractivity contribution in [2.45, 2.75) is 13.8 Å². The molecule has 5 aromatic rings. The van der Waals surface area contributed by atoms with Crippen LogP contribution in [0.25, 0.3) is 45.1 Å². The minimum absolute atomic E-state index is 0.845. The van der Waals surface area contributed by atoms with Crippen LogP contribution in [0.1, 0.15) is 11.1 Å². The summed E-state index contributed by atoms with van der Waals surface area (Å²) < 4.78 is 4.21. The Labute approximate surface area is 163 Å². The van der Waals surface area contributed by atoms with Crippen molar-refractivity contribution in [3.63, 3.8) is 0 Å². The topological polar surface area (TPSA) is 48.5 Å². The lowest BCUT2D eigenvalue weighted by Crippen LogP contribution is -1.98. The quantitative estimate of drug-likeness (QED) is 0.450. The molecule has 0 saturated heterocycles. The molecule has 0 bridgehead atoms. The predicted octanol–water partition coefficient (Wildman–Crippen LogP) is 4.81. The van der Waals surface area contributed by atoms with Crippen LogP contribution in [0.15, 0.2) is 54.6 Å². The first kappa shape index (κ1) is 16.7. The number of hydrogen-bond acceptors (Lipinski definition) is 3. The number of imidazole rings is 2. The molecule has 138 valence electrons. The van der Waals surface area contributed by atoms with Crippen LogP contribution in [0, 0.1) is 13.8 Å². The first-order chi connectivity index (χ1) is 13.5. The highest BCUT2D eigenvalue weighted by Gasteiger charge is 2.15. The zero-order valence-electron chi connectivity index (χ0n) is 16.4. The van der Waals surface area contributed by atoms with Gasteiger partial charge < -0.3 is 9.13 Å². The van der Waals surface area contributed by atoms with Crippen LogP contribution >= 0.6 is 0 Å². The van der Waals surface area contributed by atoms with Crippen LogP contribution in [0.5, 0.6) is 0 Å². The molecule has 0 spiro atoms. The summed E-state index contributed by atoms with van der Waals surface area (Å²) in [6.07, 6.45) is 0. The Morgan fingerprint density at radius 2 is 1.07 bits per heavy atom. The maximum absolute atomic E-state index is 4.90. The fourth-order valence-corrected chi connectivity index (χ4v) is 3.74. The van der Waals surface area contributed by atoms with Crippen LogP contribution in [0.3, 0.4) is 0 Å². The highest BCUT2D eigenvalue weighted by atomic mass is 15.1. The minimum Gasteiger partial charge on any atom is -0.326 e. The predicted molar refractivity (Wildman–Crippen MR) is 113 cm³/mol. The second kappa shape index (κ2) is 6.02. The number of nitrogens with zero attached hydrogens (tertiary/aromatic N) is 5. The van der Waals surface area contributed by atoms with Gasteiger partial charge in [0.25, 0.3) is 0 Å². The van der Waals surface area contributed by atoms with E-state index in [4.69, 9.17) is 15.0 Å². The lowest BCUT2D eigenvalue weighted by Gasteiger charge is -2.06. The van der Waals surface area contributed by atoms with Gasteiger partial charge in [0.05, 0.1) is 22.1 Å². The molecule has 2 aromatic carbocycles. The molecule has 0 N–H and O–H groups in total. The molecule has 0 saturated carbocycles. The standard InChI is InChI=1S/C23H21N5/c1-14-8-10-16-20(12-14)27(3)22(25-16)18-6-5-7-19(24-18)23-26-17-11-9-15(2)13-21(17)28(23)4/h5-13H,1-4H3. The van der Waals surface area contributed by atoms with Crippen molar-refractivity contribution in [3.05, 3.63) is 65.7 Å². The summed E-state index contributed by atoms with van der Waals surface area (Å²) in [6, 6.07) is 18.6. The molecule has 0 amide bonds.